The maximum absolute atomic E-state index is 12.0. The van der Waals surface area contributed by atoms with Gasteiger partial charge >= 0.3 is 0 Å². The number of benzene rings is 1. The van der Waals surface area contributed by atoms with Crippen molar-refractivity contribution in [1.29, 1.82) is 0 Å². The second kappa shape index (κ2) is 6.93. The summed E-state index contributed by atoms with van der Waals surface area (Å²) >= 11 is 1.42. The lowest BCUT2D eigenvalue weighted by Gasteiger charge is -2.16. The Balaban J connectivity index is 1.68. The molecule has 0 amide bonds. The van der Waals surface area contributed by atoms with Gasteiger partial charge in [-0.05, 0) is 43.1 Å². The molecule has 0 aliphatic heterocycles. The summed E-state index contributed by atoms with van der Waals surface area (Å²) in [4.78, 5) is 21.5. The van der Waals surface area contributed by atoms with Crippen LogP contribution in [0, 0.1) is 0 Å². The summed E-state index contributed by atoms with van der Waals surface area (Å²) in [5.74, 6) is 1.57. The van der Waals surface area contributed by atoms with Crippen molar-refractivity contribution in [3.8, 4) is 5.75 Å². The van der Waals surface area contributed by atoms with Gasteiger partial charge < -0.3 is 9.72 Å². The van der Waals surface area contributed by atoms with Crippen molar-refractivity contribution in [1.82, 2.24) is 14.9 Å². The number of hydrogen-bond acceptors (Lipinski definition) is 5. The smallest absolute Gasteiger partial charge is 0.268 e. The molecule has 3 aromatic rings. The van der Waals surface area contributed by atoms with Crippen LogP contribution < -0.4 is 10.3 Å². The number of H-pyrrole nitrogens is 1. The predicted molar refractivity (Wildman–Crippen MR) is 93.0 cm³/mol. The molecule has 6 heteroatoms. The summed E-state index contributed by atoms with van der Waals surface area (Å²) in [5.41, 5.74) is 1.90. The highest BCUT2D eigenvalue weighted by Gasteiger charge is 2.08. The van der Waals surface area contributed by atoms with Crippen LogP contribution in [0.4, 0.5) is 0 Å². The van der Waals surface area contributed by atoms with Crippen LogP contribution in [0.25, 0.3) is 10.2 Å². The minimum Gasteiger partial charge on any atom is -0.494 e. The molecular formula is C17H19N3O2S. The largest absolute Gasteiger partial charge is 0.494 e. The van der Waals surface area contributed by atoms with Gasteiger partial charge in [-0.25, -0.2) is 4.98 Å². The SMILES string of the molecule is CCOc1ccc(CN(C)Cc2nc3ccsc3c(=O)[nH]2)cc1. The summed E-state index contributed by atoms with van der Waals surface area (Å²) in [7, 11) is 2.01. The first-order chi connectivity index (χ1) is 11.2. The first kappa shape index (κ1) is 15.7. The highest BCUT2D eigenvalue weighted by Crippen LogP contribution is 2.15. The van der Waals surface area contributed by atoms with E-state index >= 15 is 0 Å². The molecule has 0 aliphatic carbocycles. The van der Waals surface area contributed by atoms with Gasteiger partial charge in [-0.3, -0.25) is 9.69 Å². The van der Waals surface area contributed by atoms with Gasteiger partial charge in [-0.15, -0.1) is 11.3 Å². The fourth-order valence-electron chi connectivity index (χ4n) is 2.48. The maximum Gasteiger partial charge on any atom is 0.268 e. The van der Waals surface area contributed by atoms with E-state index in [-0.39, 0.29) is 5.56 Å². The van der Waals surface area contributed by atoms with Crippen molar-refractivity contribution in [2.75, 3.05) is 13.7 Å². The van der Waals surface area contributed by atoms with E-state index in [1.54, 1.807) is 0 Å². The monoisotopic (exact) mass is 329 g/mol. The highest BCUT2D eigenvalue weighted by molar-refractivity contribution is 7.17. The van der Waals surface area contributed by atoms with Crippen LogP contribution in [0.2, 0.25) is 0 Å². The molecule has 0 unspecified atom stereocenters. The minimum absolute atomic E-state index is 0.0607. The number of aromatic amines is 1. The zero-order valence-corrected chi connectivity index (χ0v) is 14.0. The van der Waals surface area contributed by atoms with Gasteiger partial charge in [0, 0.05) is 6.54 Å². The van der Waals surface area contributed by atoms with Crippen LogP contribution in [0.3, 0.4) is 0 Å². The average Bonchev–Trinajstić information content (AvgIpc) is 2.98. The first-order valence-electron chi connectivity index (χ1n) is 7.52. The van der Waals surface area contributed by atoms with E-state index in [2.05, 4.69) is 27.0 Å². The Kier molecular flexibility index (Phi) is 4.73. The number of fused-ring (bicyclic) bond motifs is 1. The summed E-state index contributed by atoms with van der Waals surface area (Å²) in [6.45, 7) is 4.01. The number of thiophene rings is 1. The van der Waals surface area contributed by atoms with Gasteiger partial charge in [0.2, 0.25) is 0 Å². The van der Waals surface area contributed by atoms with E-state index in [9.17, 15) is 4.79 Å². The predicted octanol–water partition coefficient (Wildman–Crippen LogP) is 3.02. The summed E-state index contributed by atoms with van der Waals surface area (Å²) < 4.78 is 6.13. The van der Waals surface area contributed by atoms with Crippen molar-refractivity contribution in [3.05, 3.63) is 57.5 Å². The Morgan fingerprint density at radius 3 is 2.74 bits per heavy atom. The molecule has 5 nitrogen and oxygen atoms in total. The molecule has 23 heavy (non-hydrogen) atoms. The van der Waals surface area contributed by atoms with Gasteiger partial charge in [0.25, 0.3) is 5.56 Å². The highest BCUT2D eigenvalue weighted by atomic mass is 32.1. The van der Waals surface area contributed by atoms with Crippen molar-refractivity contribution in [2.24, 2.45) is 0 Å². The number of ether oxygens (including phenoxy) is 1. The van der Waals surface area contributed by atoms with E-state index in [1.807, 2.05) is 37.6 Å². The zero-order chi connectivity index (χ0) is 16.2. The molecule has 2 heterocycles. The van der Waals surface area contributed by atoms with Crippen molar-refractivity contribution < 1.29 is 4.74 Å². The average molecular weight is 329 g/mol. The fraction of sp³-hybridized carbons (Fsp3) is 0.294. The molecule has 0 atom stereocenters. The molecule has 0 fully saturated rings. The lowest BCUT2D eigenvalue weighted by Crippen LogP contribution is -2.21. The molecular weight excluding hydrogens is 310 g/mol. The second-order valence-corrected chi connectivity index (χ2v) is 6.31. The Hall–Kier alpha value is -2.18. The van der Waals surface area contributed by atoms with Crippen molar-refractivity contribution in [3.63, 3.8) is 0 Å². The third-order valence-corrected chi connectivity index (χ3v) is 4.37. The number of hydrogen-bond donors (Lipinski definition) is 1. The summed E-state index contributed by atoms with van der Waals surface area (Å²) in [5, 5.41) is 1.89. The number of rotatable bonds is 6. The van der Waals surface area contributed by atoms with E-state index < -0.39 is 0 Å². The van der Waals surface area contributed by atoms with Crippen LogP contribution >= 0.6 is 11.3 Å². The Labute approximate surface area is 138 Å². The molecule has 2 aromatic heterocycles. The molecule has 0 aliphatic rings. The number of nitrogens with zero attached hydrogens (tertiary/aromatic N) is 2. The summed E-state index contributed by atoms with van der Waals surface area (Å²) in [6, 6.07) is 9.94. The molecule has 120 valence electrons. The molecule has 0 bridgehead atoms. The summed E-state index contributed by atoms with van der Waals surface area (Å²) in [6.07, 6.45) is 0. The molecule has 3 rings (SSSR count). The second-order valence-electron chi connectivity index (χ2n) is 5.40. The van der Waals surface area contributed by atoms with Gasteiger partial charge in [-0.1, -0.05) is 12.1 Å². The van der Waals surface area contributed by atoms with Gasteiger partial charge in [0.15, 0.2) is 0 Å². The van der Waals surface area contributed by atoms with E-state index in [0.29, 0.717) is 23.7 Å². The van der Waals surface area contributed by atoms with Gasteiger partial charge in [-0.2, -0.15) is 0 Å². The molecule has 0 radical (unpaired) electrons. The fourth-order valence-corrected chi connectivity index (χ4v) is 3.20. The molecule has 0 saturated heterocycles. The zero-order valence-electron chi connectivity index (χ0n) is 13.2. The lowest BCUT2D eigenvalue weighted by molar-refractivity contribution is 0.310. The lowest BCUT2D eigenvalue weighted by atomic mass is 10.2. The molecule has 1 N–H and O–H groups in total. The standard InChI is InChI=1S/C17H19N3O2S/c1-3-22-13-6-4-12(5-7-13)10-20(2)11-15-18-14-8-9-23-16(14)17(21)19-15/h4-9H,3,10-11H2,1-2H3,(H,18,19,21). The van der Waals surface area contributed by atoms with Crippen LogP contribution in [0.15, 0.2) is 40.5 Å². The van der Waals surface area contributed by atoms with Gasteiger partial charge in [0.05, 0.1) is 18.7 Å². The third kappa shape index (κ3) is 3.78. The minimum atomic E-state index is -0.0607. The van der Waals surface area contributed by atoms with Gasteiger partial charge in [0.1, 0.15) is 16.3 Å². The van der Waals surface area contributed by atoms with Crippen LogP contribution in [0.1, 0.15) is 18.3 Å². The first-order valence-corrected chi connectivity index (χ1v) is 8.40. The molecule has 0 saturated carbocycles. The van der Waals surface area contributed by atoms with E-state index in [0.717, 1.165) is 17.8 Å². The van der Waals surface area contributed by atoms with Crippen molar-refractivity contribution >= 4 is 21.6 Å². The third-order valence-electron chi connectivity index (χ3n) is 3.47. The molecule has 1 aromatic carbocycles. The van der Waals surface area contributed by atoms with Crippen LogP contribution in [-0.2, 0) is 13.1 Å². The van der Waals surface area contributed by atoms with Crippen LogP contribution in [-0.4, -0.2) is 28.5 Å². The number of aromatic nitrogens is 2. The Morgan fingerprint density at radius 2 is 2.00 bits per heavy atom. The normalized spacial score (nSPS) is 11.3. The number of nitrogens with one attached hydrogen (secondary N) is 1. The Morgan fingerprint density at radius 1 is 1.22 bits per heavy atom. The van der Waals surface area contributed by atoms with E-state index in [4.69, 9.17) is 4.74 Å². The quantitative estimate of drug-likeness (QED) is 0.755. The maximum atomic E-state index is 12.0. The topological polar surface area (TPSA) is 58.2 Å². The Bertz CT molecular complexity index is 839. The van der Waals surface area contributed by atoms with Crippen molar-refractivity contribution in [2.45, 2.75) is 20.0 Å². The van der Waals surface area contributed by atoms with Crippen LogP contribution in [0.5, 0.6) is 5.75 Å². The molecule has 0 spiro atoms. The van der Waals surface area contributed by atoms with E-state index in [1.165, 1.54) is 16.9 Å².